The quantitative estimate of drug-likeness (QED) is 0.176. The van der Waals surface area contributed by atoms with Gasteiger partial charge in [-0.2, -0.15) is 0 Å². The van der Waals surface area contributed by atoms with Crippen molar-refractivity contribution >= 4 is 75.3 Å². The normalized spacial score (nSPS) is 11.9. The predicted octanol–water partition coefficient (Wildman–Crippen LogP) is 13.9. The summed E-state index contributed by atoms with van der Waals surface area (Å²) in [5.74, 6) is 1.80. The van der Waals surface area contributed by atoms with Gasteiger partial charge in [0, 0.05) is 58.5 Å². The molecule has 0 saturated heterocycles. The molecule has 0 spiro atoms. The van der Waals surface area contributed by atoms with Gasteiger partial charge in [0.25, 0.3) is 0 Å². The Balaban J connectivity index is 1.07. The van der Waals surface area contributed by atoms with E-state index in [4.69, 9.17) is 19.4 Å². The number of hydrogen-bond acceptors (Lipinski definition) is 5. The Kier molecular flexibility index (Phi) is 7.03. The summed E-state index contributed by atoms with van der Waals surface area (Å²) in [6.45, 7) is 0. The largest absolute Gasteiger partial charge is 0.455 e. The smallest absolute Gasteiger partial charge is 0.167 e. The van der Waals surface area contributed by atoms with Gasteiger partial charge in [-0.3, -0.25) is 0 Å². The Morgan fingerprint density at radius 2 is 1.05 bits per heavy atom. The number of benzene rings is 8. The van der Waals surface area contributed by atoms with Crippen LogP contribution in [0.4, 0.5) is 0 Å². The molecule has 0 bridgehead atoms. The average Bonchev–Trinajstić information content (AvgIpc) is 3.95. The van der Waals surface area contributed by atoms with Crippen LogP contribution in [-0.4, -0.2) is 19.5 Å². The van der Waals surface area contributed by atoms with E-state index in [0.29, 0.717) is 17.5 Å². The van der Waals surface area contributed by atoms with Crippen molar-refractivity contribution in [3.05, 3.63) is 182 Å². The molecule has 5 nitrogen and oxygen atoms in total. The highest BCUT2D eigenvalue weighted by Crippen LogP contribution is 2.44. The van der Waals surface area contributed by atoms with Crippen molar-refractivity contribution in [1.82, 2.24) is 19.5 Å². The standard InChI is InChI=1S/C51H30N4OS/c1-4-14-31(15-5-1)49-52-50(32-16-6-2-7-17-32)54-51(53-49)39-23-12-22-38-36-27-26-33(28-44(36)56-48(38)39)35-21-13-24-42-47(35)41-29-40-37-20-10-11-25-45(37)57-46(40)30-43(41)55(42)34-18-8-3-9-19-34/h1-30H. The second kappa shape index (κ2) is 12.6. The van der Waals surface area contributed by atoms with Gasteiger partial charge in [0.2, 0.25) is 0 Å². The molecule has 266 valence electrons. The van der Waals surface area contributed by atoms with E-state index in [1.807, 2.05) is 78.1 Å². The fraction of sp³-hybridized carbons (Fsp3) is 0. The van der Waals surface area contributed by atoms with Crippen LogP contribution in [0.2, 0.25) is 0 Å². The van der Waals surface area contributed by atoms with E-state index in [9.17, 15) is 0 Å². The second-order valence-electron chi connectivity index (χ2n) is 14.4. The molecule has 57 heavy (non-hydrogen) atoms. The van der Waals surface area contributed by atoms with Crippen LogP contribution in [0.5, 0.6) is 0 Å². The highest BCUT2D eigenvalue weighted by molar-refractivity contribution is 7.25. The number of thiophene rings is 1. The monoisotopic (exact) mass is 746 g/mol. The third-order valence-electron chi connectivity index (χ3n) is 11.1. The van der Waals surface area contributed by atoms with E-state index >= 15 is 0 Å². The molecule has 6 heteroatoms. The zero-order valence-corrected chi connectivity index (χ0v) is 31.2. The van der Waals surface area contributed by atoms with Crippen LogP contribution < -0.4 is 0 Å². The minimum atomic E-state index is 0.568. The van der Waals surface area contributed by atoms with Crippen molar-refractivity contribution in [2.45, 2.75) is 0 Å². The van der Waals surface area contributed by atoms with Crippen molar-refractivity contribution in [3.63, 3.8) is 0 Å². The van der Waals surface area contributed by atoms with Crippen LogP contribution in [0.3, 0.4) is 0 Å². The zero-order chi connectivity index (χ0) is 37.5. The van der Waals surface area contributed by atoms with Gasteiger partial charge in [-0.05, 0) is 65.7 Å². The predicted molar refractivity (Wildman–Crippen MR) is 236 cm³/mol. The summed E-state index contributed by atoms with van der Waals surface area (Å²) < 4.78 is 11.9. The first-order valence-electron chi connectivity index (χ1n) is 19.0. The molecule has 0 atom stereocenters. The summed E-state index contributed by atoms with van der Waals surface area (Å²) in [5.41, 5.74) is 9.98. The van der Waals surface area contributed by atoms with E-state index in [2.05, 4.69) is 120 Å². The third kappa shape index (κ3) is 5.04. The summed E-state index contributed by atoms with van der Waals surface area (Å²) in [4.78, 5) is 15.0. The lowest BCUT2D eigenvalue weighted by molar-refractivity contribution is 0.669. The number of para-hydroxylation sites is 2. The van der Waals surface area contributed by atoms with Crippen LogP contribution in [0.25, 0.3) is 115 Å². The molecule has 0 unspecified atom stereocenters. The van der Waals surface area contributed by atoms with E-state index in [1.165, 1.54) is 42.0 Å². The van der Waals surface area contributed by atoms with E-state index in [1.54, 1.807) is 0 Å². The van der Waals surface area contributed by atoms with Gasteiger partial charge in [0.15, 0.2) is 17.5 Å². The molecule has 0 radical (unpaired) electrons. The number of fused-ring (bicyclic) bond motifs is 9. The van der Waals surface area contributed by atoms with Gasteiger partial charge in [-0.15, -0.1) is 11.3 Å². The van der Waals surface area contributed by atoms with Gasteiger partial charge in [-0.25, -0.2) is 15.0 Å². The molecule has 0 fully saturated rings. The Bertz CT molecular complexity index is 3460. The first-order valence-corrected chi connectivity index (χ1v) is 19.8. The third-order valence-corrected chi connectivity index (χ3v) is 12.2. The molecule has 0 aliphatic rings. The lowest BCUT2D eigenvalue weighted by Gasteiger charge is -2.08. The second-order valence-corrected chi connectivity index (χ2v) is 15.5. The van der Waals surface area contributed by atoms with Gasteiger partial charge >= 0.3 is 0 Å². The Hall–Kier alpha value is -7.41. The minimum absolute atomic E-state index is 0.568. The first kappa shape index (κ1) is 31.9. The number of furan rings is 1. The molecule has 8 aromatic carbocycles. The van der Waals surface area contributed by atoms with Crippen LogP contribution in [-0.2, 0) is 0 Å². The summed E-state index contributed by atoms with van der Waals surface area (Å²) in [7, 11) is 0. The van der Waals surface area contributed by atoms with Gasteiger partial charge in [-0.1, -0.05) is 127 Å². The summed E-state index contributed by atoms with van der Waals surface area (Å²) in [6.07, 6.45) is 0. The zero-order valence-electron chi connectivity index (χ0n) is 30.4. The van der Waals surface area contributed by atoms with E-state index < -0.39 is 0 Å². The van der Waals surface area contributed by atoms with Crippen LogP contribution in [0.1, 0.15) is 0 Å². The van der Waals surface area contributed by atoms with Gasteiger partial charge < -0.3 is 8.98 Å². The number of aromatic nitrogens is 4. The Labute approximate surface area is 330 Å². The van der Waals surface area contributed by atoms with Crippen molar-refractivity contribution in [2.75, 3.05) is 0 Å². The molecule has 0 aliphatic carbocycles. The maximum absolute atomic E-state index is 6.86. The molecule has 12 rings (SSSR count). The molecule has 12 aromatic rings. The molecular formula is C51H30N4OS. The summed E-state index contributed by atoms with van der Waals surface area (Å²) >= 11 is 1.85. The van der Waals surface area contributed by atoms with E-state index in [0.717, 1.165) is 55.4 Å². The van der Waals surface area contributed by atoms with Crippen molar-refractivity contribution in [3.8, 4) is 51.0 Å². The maximum Gasteiger partial charge on any atom is 0.167 e. The van der Waals surface area contributed by atoms with E-state index in [-0.39, 0.29) is 0 Å². The Morgan fingerprint density at radius 3 is 1.82 bits per heavy atom. The first-order chi connectivity index (χ1) is 28.2. The van der Waals surface area contributed by atoms with Crippen molar-refractivity contribution in [1.29, 1.82) is 0 Å². The number of rotatable bonds is 5. The SMILES string of the molecule is c1ccc(-c2nc(-c3ccccc3)nc(-c3cccc4c3oc3cc(-c5cccc6c5c5cc7c(cc5n6-c5ccccc5)sc5ccccc57)ccc34)n2)cc1. The number of nitrogens with zero attached hydrogens (tertiary/aromatic N) is 4. The molecule has 0 aliphatic heterocycles. The topological polar surface area (TPSA) is 56.7 Å². The molecular weight excluding hydrogens is 717 g/mol. The molecule has 0 amide bonds. The molecule has 0 saturated carbocycles. The fourth-order valence-electron chi connectivity index (χ4n) is 8.45. The molecule has 4 heterocycles. The average molecular weight is 747 g/mol. The molecule has 4 aromatic heterocycles. The van der Waals surface area contributed by atoms with Crippen molar-refractivity contribution < 1.29 is 4.42 Å². The van der Waals surface area contributed by atoms with Crippen LogP contribution in [0, 0.1) is 0 Å². The van der Waals surface area contributed by atoms with Crippen LogP contribution >= 0.6 is 11.3 Å². The lowest BCUT2D eigenvalue weighted by atomic mass is 9.97. The summed E-state index contributed by atoms with van der Waals surface area (Å²) in [5, 5.41) is 7.09. The number of hydrogen-bond donors (Lipinski definition) is 0. The highest BCUT2D eigenvalue weighted by Gasteiger charge is 2.21. The van der Waals surface area contributed by atoms with Gasteiger partial charge in [0.1, 0.15) is 11.2 Å². The highest BCUT2D eigenvalue weighted by atomic mass is 32.1. The minimum Gasteiger partial charge on any atom is -0.455 e. The fourth-order valence-corrected chi connectivity index (χ4v) is 9.57. The van der Waals surface area contributed by atoms with Gasteiger partial charge in [0.05, 0.1) is 16.6 Å². The summed E-state index contributed by atoms with van der Waals surface area (Å²) in [6, 6.07) is 63.8. The van der Waals surface area contributed by atoms with Crippen LogP contribution in [0.15, 0.2) is 186 Å². The van der Waals surface area contributed by atoms with Crippen molar-refractivity contribution in [2.24, 2.45) is 0 Å². The lowest BCUT2D eigenvalue weighted by Crippen LogP contribution is -2.00. The molecule has 0 N–H and O–H groups in total. The maximum atomic E-state index is 6.86. The Morgan fingerprint density at radius 1 is 0.404 bits per heavy atom.